The SMILES string of the molecule is O=C(Nc1ccc([N+](=O)[O-])cc1OC1CCCCC1)c1cccnc1. The lowest BCUT2D eigenvalue weighted by molar-refractivity contribution is -0.384. The molecule has 3 rings (SSSR count). The number of ether oxygens (including phenoxy) is 1. The van der Waals surface area contributed by atoms with Crippen LogP contribution in [0.3, 0.4) is 0 Å². The Kier molecular flexibility index (Phi) is 5.23. The predicted molar refractivity (Wildman–Crippen MR) is 92.8 cm³/mol. The van der Waals surface area contributed by atoms with Gasteiger partial charge in [0.15, 0.2) is 0 Å². The molecule has 0 spiro atoms. The van der Waals surface area contributed by atoms with Crippen molar-refractivity contribution in [3.63, 3.8) is 0 Å². The van der Waals surface area contributed by atoms with Crippen molar-refractivity contribution in [2.45, 2.75) is 38.2 Å². The smallest absolute Gasteiger partial charge is 0.273 e. The number of rotatable bonds is 5. The van der Waals surface area contributed by atoms with E-state index in [0.717, 1.165) is 25.7 Å². The molecule has 1 aliphatic carbocycles. The molecular formula is C18H19N3O4. The summed E-state index contributed by atoms with van der Waals surface area (Å²) in [5.41, 5.74) is 0.764. The molecular weight excluding hydrogens is 322 g/mol. The second-order valence-corrected chi connectivity index (χ2v) is 6.01. The van der Waals surface area contributed by atoms with Gasteiger partial charge in [-0.05, 0) is 43.9 Å². The molecule has 1 saturated carbocycles. The van der Waals surface area contributed by atoms with E-state index < -0.39 is 4.92 Å². The standard InChI is InChI=1S/C18H19N3O4/c22-18(13-5-4-10-19-12-13)20-16-9-8-14(21(23)24)11-17(16)25-15-6-2-1-3-7-15/h4-5,8-12,15H,1-3,6-7H2,(H,20,22). The summed E-state index contributed by atoms with van der Waals surface area (Å²) in [6.45, 7) is 0. The van der Waals surface area contributed by atoms with Crippen LogP contribution in [0.15, 0.2) is 42.7 Å². The third-order valence-electron chi connectivity index (χ3n) is 4.19. The number of anilines is 1. The van der Waals surface area contributed by atoms with Crippen LogP contribution in [0.5, 0.6) is 5.75 Å². The van der Waals surface area contributed by atoms with Gasteiger partial charge >= 0.3 is 0 Å². The quantitative estimate of drug-likeness (QED) is 0.656. The van der Waals surface area contributed by atoms with Crippen LogP contribution in [-0.4, -0.2) is 21.9 Å². The van der Waals surface area contributed by atoms with Crippen LogP contribution in [0.25, 0.3) is 0 Å². The van der Waals surface area contributed by atoms with Gasteiger partial charge in [0.2, 0.25) is 0 Å². The summed E-state index contributed by atoms with van der Waals surface area (Å²) in [7, 11) is 0. The van der Waals surface area contributed by atoms with Gasteiger partial charge in [-0.25, -0.2) is 0 Å². The molecule has 2 aromatic rings. The van der Waals surface area contributed by atoms with Gasteiger partial charge in [0.1, 0.15) is 5.75 Å². The Balaban J connectivity index is 1.83. The third kappa shape index (κ3) is 4.32. The maximum atomic E-state index is 12.3. The highest BCUT2D eigenvalue weighted by Crippen LogP contribution is 2.33. The highest BCUT2D eigenvalue weighted by molar-refractivity contribution is 6.04. The zero-order valence-electron chi connectivity index (χ0n) is 13.7. The first-order chi connectivity index (χ1) is 12.1. The van der Waals surface area contributed by atoms with E-state index in [4.69, 9.17) is 4.74 Å². The number of hydrogen-bond acceptors (Lipinski definition) is 5. The number of nitrogens with one attached hydrogen (secondary N) is 1. The average molecular weight is 341 g/mol. The molecule has 1 heterocycles. The van der Waals surface area contributed by atoms with Gasteiger partial charge in [0, 0.05) is 18.5 Å². The van der Waals surface area contributed by atoms with Gasteiger partial charge < -0.3 is 10.1 Å². The van der Waals surface area contributed by atoms with Crippen molar-refractivity contribution in [2.24, 2.45) is 0 Å². The second kappa shape index (κ2) is 7.74. The van der Waals surface area contributed by atoms with E-state index >= 15 is 0 Å². The molecule has 1 aromatic heterocycles. The molecule has 0 aliphatic heterocycles. The van der Waals surface area contributed by atoms with E-state index in [1.54, 1.807) is 18.3 Å². The lowest BCUT2D eigenvalue weighted by Gasteiger charge is -2.24. The third-order valence-corrected chi connectivity index (χ3v) is 4.19. The van der Waals surface area contributed by atoms with Crippen LogP contribution in [0.1, 0.15) is 42.5 Å². The number of amides is 1. The summed E-state index contributed by atoms with van der Waals surface area (Å²) in [4.78, 5) is 26.8. The van der Waals surface area contributed by atoms with Crippen LogP contribution in [0.2, 0.25) is 0 Å². The lowest BCUT2D eigenvalue weighted by atomic mass is 9.98. The highest BCUT2D eigenvalue weighted by Gasteiger charge is 2.20. The van der Waals surface area contributed by atoms with E-state index in [0.29, 0.717) is 17.0 Å². The van der Waals surface area contributed by atoms with E-state index in [1.807, 2.05) is 0 Å². The first-order valence-corrected chi connectivity index (χ1v) is 8.30. The van der Waals surface area contributed by atoms with Gasteiger partial charge in [-0.1, -0.05) is 6.42 Å². The van der Waals surface area contributed by atoms with Gasteiger partial charge in [-0.15, -0.1) is 0 Å². The van der Waals surface area contributed by atoms with Crippen LogP contribution in [0.4, 0.5) is 11.4 Å². The number of carbonyl (C=O) groups excluding carboxylic acids is 1. The number of pyridine rings is 1. The van der Waals surface area contributed by atoms with Crippen LogP contribution < -0.4 is 10.1 Å². The Labute approximate surface area is 145 Å². The number of nitro groups is 1. The van der Waals surface area contributed by atoms with E-state index in [9.17, 15) is 14.9 Å². The predicted octanol–water partition coefficient (Wildman–Crippen LogP) is 3.95. The molecule has 25 heavy (non-hydrogen) atoms. The molecule has 1 N–H and O–H groups in total. The summed E-state index contributed by atoms with van der Waals surface area (Å²) >= 11 is 0. The van der Waals surface area contributed by atoms with E-state index in [2.05, 4.69) is 10.3 Å². The minimum atomic E-state index is -0.472. The number of carbonyl (C=O) groups is 1. The lowest BCUT2D eigenvalue weighted by Crippen LogP contribution is -2.21. The molecule has 1 aliphatic rings. The van der Waals surface area contributed by atoms with Crippen molar-refractivity contribution in [3.8, 4) is 5.75 Å². The monoisotopic (exact) mass is 341 g/mol. The fourth-order valence-electron chi connectivity index (χ4n) is 2.88. The molecule has 0 bridgehead atoms. The Morgan fingerprint density at radius 1 is 1.24 bits per heavy atom. The van der Waals surface area contributed by atoms with Crippen molar-refractivity contribution in [2.75, 3.05) is 5.32 Å². The van der Waals surface area contributed by atoms with Gasteiger partial charge in [0.25, 0.3) is 11.6 Å². The van der Waals surface area contributed by atoms with Gasteiger partial charge in [-0.2, -0.15) is 0 Å². The molecule has 0 radical (unpaired) electrons. The summed E-state index contributed by atoms with van der Waals surface area (Å²) in [5.74, 6) is -0.00575. The first-order valence-electron chi connectivity index (χ1n) is 8.30. The summed E-state index contributed by atoms with van der Waals surface area (Å²) in [5, 5.41) is 13.8. The van der Waals surface area contributed by atoms with E-state index in [-0.39, 0.29) is 17.7 Å². The summed E-state index contributed by atoms with van der Waals surface area (Å²) in [6, 6.07) is 7.55. The number of non-ortho nitro benzene ring substituents is 1. The Hall–Kier alpha value is -2.96. The molecule has 0 unspecified atom stereocenters. The maximum Gasteiger partial charge on any atom is 0.273 e. The largest absolute Gasteiger partial charge is 0.488 e. The molecule has 1 fully saturated rings. The molecule has 0 atom stereocenters. The minimum Gasteiger partial charge on any atom is -0.488 e. The number of aromatic nitrogens is 1. The zero-order valence-corrected chi connectivity index (χ0v) is 13.7. The van der Waals surface area contributed by atoms with Crippen LogP contribution >= 0.6 is 0 Å². The Morgan fingerprint density at radius 3 is 2.72 bits per heavy atom. The molecule has 7 heteroatoms. The van der Waals surface area contributed by atoms with Gasteiger partial charge in [-0.3, -0.25) is 19.9 Å². The fraction of sp³-hybridized carbons (Fsp3) is 0.333. The Bertz CT molecular complexity index is 758. The number of hydrogen-bond donors (Lipinski definition) is 1. The van der Waals surface area contributed by atoms with Crippen LogP contribution in [-0.2, 0) is 0 Å². The maximum absolute atomic E-state index is 12.3. The molecule has 0 saturated heterocycles. The summed E-state index contributed by atoms with van der Waals surface area (Å²) < 4.78 is 5.98. The average Bonchev–Trinajstić information content (AvgIpc) is 2.64. The summed E-state index contributed by atoms with van der Waals surface area (Å²) in [6.07, 6.45) is 8.23. The van der Waals surface area contributed by atoms with Crippen LogP contribution in [0, 0.1) is 10.1 Å². The van der Waals surface area contributed by atoms with Crippen molar-refractivity contribution < 1.29 is 14.5 Å². The van der Waals surface area contributed by atoms with Crippen molar-refractivity contribution in [1.82, 2.24) is 4.98 Å². The first kappa shape index (κ1) is 16.9. The number of nitrogens with zero attached hydrogens (tertiary/aromatic N) is 2. The molecule has 1 amide bonds. The van der Waals surface area contributed by atoms with Gasteiger partial charge in [0.05, 0.1) is 28.3 Å². The van der Waals surface area contributed by atoms with Crippen molar-refractivity contribution in [3.05, 3.63) is 58.4 Å². The van der Waals surface area contributed by atoms with E-state index in [1.165, 1.54) is 30.8 Å². The highest BCUT2D eigenvalue weighted by atomic mass is 16.6. The Morgan fingerprint density at radius 2 is 2.04 bits per heavy atom. The topological polar surface area (TPSA) is 94.4 Å². The zero-order chi connectivity index (χ0) is 17.6. The second-order valence-electron chi connectivity index (χ2n) is 6.01. The fourth-order valence-corrected chi connectivity index (χ4v) is 2.88. The normalized spacial score (nSPS) is 14.7. The molecule has 1 aromatic carbocycles. The minimum absolute atomic E-state index is 0.0183. The van der Waals surface area contributed by atoms with Crippen molar-refractivity contribution in [1.29, 1.82) is 0 Å². The molecule has 130 valence electrons. The molecule has 7 nitrogen and oxygen atoms in total. The van der Waals surface area contributed by atoms with Crippen molar-refractivity contribution >= 4 is 17.3 Å². The number of benzene rings is 1. The number of nitro benzene ring substituents is 1.